The van der Waals surface area contributed by atoms with Gasteiger partial charge in [0.05, 0.1) is 18.3 Å². The highest BCUT2D eigenvalue weighted by Gasteiger charge is 2.22. The zero-order valence-corrected chi connectivity index (χ0v) is 10.8. The van der Waals surface area contributed by atoms with Crippen LogP contribution in [0.4, 0.5) is 0 Å². The van der Waals surface area contributed by atoms with Crippen LogP contribution in [0.2, 0.25) is 0 Å². The molecule has 0 saturated heterocycles. The van der Waals surface area contributed by atoms with E-state index < -0.39 is 12.2 Å². The number of aliphatic hydroxyl groups is 2. The summed E-state index contributed by atoms with van der Waals surface area (Å²) in [5.74, 6) is 1.03. The predicted octanol–water partition coefficient (Wildman–Crippen LogP) is 1.37. The third kappa shape index (κ3) is 2.68. The van der Waals surface area contributed by atoms with Crippen molar-refractivity contribution < 1.29 is 19.7 Å². The molecule has 0 aliphatic carbocycles. The second-order valence-electron chi connectivity index (χ2n) is 4.30. The molecule has 0 spiro atoms. The second kappa shape index (κ2) is 5.73. The summed E-state index contributed by atoms with van der Waals surface area (Å²) in [7, 11) is 0. The number of ketones is 1. The van der Waals surface area contributed by atoms with E-state index >= 15 is 0 Å². The number of rotatable bonds is 4. The van der Waals surface area contributed by atoms with Crippen LogP contribution in [-0.4, -0.2) is 34.5 Å². The molecular weight excluding hydrogens is 252 g/mol. The molecule has 98 valence electrons. The highest BCUT2D eigenvalue weighted by atomic mass is 32.1. The molecule has 0 fully saturated rings. The zero-order valence-electron chi connectivity index (χ0n) is 9.87. The van der Waals surface area contributed by atoms with Crippen molar-refractivity contribution >= 4 is 18.4 Å². The second-order valence-corrected chi connectivity index (χ2v) is 4.75. The SMILES string of the molecule is O=C1CCOc2cc(C(O)C(O)CCS)ccc21. The van der Waals surface area contributed by atoms with Crippen LogP contribution in [0.25, 0.3) is 0 Å². The topological polar surface area (TPSA) is 66.8 Å². The Labute approximate surface area is 111 Å². The molecule has 2 rings (SSSR count). The Kier molecular flexibility index (Phi) is 4.27. The van der Waals surface area contributed by atoms with Crippen LogP contribution in [0.5, 0.6) is 5.75 Å². The number of ether oxygens (including phenoxy) is 1. The largest absolute Gasteiger partial charge is 0.492 e. The fourth-order valence-corrected chi connectivity index (χ4v) is 2.24. The van der Waals surface area contributed by atoms with Crippen LogP contribution >= 0.6 is 12.6 Å². The van der Waals surface area contributed by atoms with Gasteiger partial charge in [-0.15, -0.1) is 0 Å². The van der Waals surface area contributed by atoms with E-state index in [0.29, 0.717) is 42.1 Å². The minimum Gasteiger partial charge on any atom is -0.492 e. The van der Waals surface area contributed by atoms with E-state index in [0.717, 1.165) is 0 Å². The van der Waals surface area contributed by atoms with Crippen LogP contribution < -0.4 is 4.74 Å². The molecule has 5 heteroatoms. The van der Waals surface area contributed by atoms with Crippen molar-refractivity contribution in [2.75, 3.05) is 12.4 Å². The molecule has 0 amide bonds. The summed E-state index contributed by atoms with van der Waals surface area (Å²) in [6, 6.07) is 4.92. The van der Waals surface area contributed by atoms with Gasteiger partial charge in [0.1, 0.15) is 11.9 Å². The van der Waals surface area contributed by atoms with E-state index in [9.17, 15) is 15.0 Å². The van der Waals surface area contributed by atoms with Crippen molar-refractivity contribution in [2.24, 2.45) is 0 Å². The van der Waals surface area contributed by atoms with E-state index in [-0.39, 0.29) is 5.78 Å². The lowest BCUT2D eigenvalue weighted by Crippen LogP contribution is -2.20. The van der Waals surface area contributed by atoms with Crippen molar-refractivity contribution in [3.63, 3.8) is 0 Å². The average Bonchev–Trinajstić information content (AvgIpc) is 2.38. The Morgan fingerprint density at radius 2 is 2.17 bits per heavy atom. The molecule has 18 heavy (non-hydrogen) atoms. The van der Waals surface area contributed by atoms with E-state index in [1.807, 2.05) is 0 Å². The monoisotopic (exact) mass is 268 g/mol. The smallest absolute Gasteiger partial charge is 0.169 e. The van der Waals surface area contributed by atoms with Crippen LogP contribution in [-0.2, 0) is 0 Å². The lowest BCUT2D eigenvalue weighted by atomic mass is 9.97. The summed E-state index contributed by atoms with van der Waals surface area (Å²) in [4.78, 5) is 11.6. The van der Waals surface area contributed by atoms with Crippen LogP contribution in [0, 0.1) is 0 Å². The van der Waals surface area contributed by atoms with Gasteiger partial charge in [-0.3, -0.25) is 4.79 Å². The Morgan fingerprint density at radius 3 is 2.89 bits per heavy atom. The highest BCUT2D eigenvalue weighted by molar-refractivity contribution is 7.80. The molecule has 4 nitrogen and oxygen atoms in total. The number of hydrogen-bond donors (Lipinski definition) is 3. The standard InChI is InChI=1S/C13H16O4S/c14-10-3-5-17-12-7-8(1-2-9(10)12)13(16)11(15)4-6-18/h1-2,7,11,13,15-16,18H,3-6H2. The minimum atomic E-state index is -0.983. The fraction of sp³-hybridized carbons (Fsp3) is 0.462. The normalized spacial score (nSPS) is 17.8. The van der Waals surface area contributed by atoms with Crippen LogP contribution in [0.15, 0.2) is 18.2 Å². The maximum Gasteiger partial charge on any atom is 0.169 e. The van der Waals surface area contributed by atoms with Gasteiger partial charge in [-0.05, 0) is 29.9 Å². The van der Waals surface area contributed by atoms with E-state index in [2.05, 4.69) is 12.6 Å². The van der Waals surface area contributed by atoms with Gasteiger partial charge in [-0.25, -0.2) is 0 Å². The van der Waals surface area contributed by atoms with Gasteiger partial charge in [0.25, 0.3) is 0 Å². The molecular formula is C13H16O4S. The van der Waals surface area contributed by atoms with E-state index in [4.69, 9.17) is 4.74 Å². The molecule has 2 N–H and O–H groups in total. The predicted molar refractivity (Wildman–Crippen MR) is 70.3 cm³/mol. The molecule has 1 heterocycles. The number of carbonyl (C=O) groups is 1. The lowest BCUT2D eigenvalue weighted by molar-refractivity contribution is 0.0171. The van der Waals surface area contributed by atoms with Gasteiger partial charge in [0.15, 0.2) is 5.78 Å². The first kappa shape index (κ1) is 13.4. The Balaban J connectivity index is 2.23. The van der Waals surface area contributed by atoms with E-state index in [1.54, 1.807) is 18.2 Å². The molecule has 1 aromatic carbocycles. The summed E-state index contributed by atoms with van der Waals surface area (Å²) >= 11 is 4.02. The van der Waals surface area contributed by atoms with Gasteiger partial charge in [-0.2, -0.15) is 12.6 Å². The summed E-state index contributed by atoms with van der Waals surface area (Å²) in [6.45, 7) is 0.366. The van der Waals surface area contributed by atoms with Crippen LogP contribution in [0.3, 0.4) is 0 Å². The van der Waals surface area contributed by atoms with Crippen molar-refractivity contribution in [3.05, 3.63) is 29.3 Å². The van der Waals surface area contributed by atoms with Crippen molar-refractivity contribution in [1.82, 2.24) is 0 Å². The number of hydrogen-bond acceptors (Lipinski definition) is 5. The minimum absolute atomic E-state index is 0.0493. The quantitative estimate of drug-likeness (QED) is 0.721. The van der Waals surface area contributed by atoms with Crippen LogP contribution in [0.1, 0.15) is 34.9 Å². The molecule has 0 bridgehead atoms. The summed E-state index contributed by atoms with van der Waals surface area (Å²) in [6.07, 6.45) is -1.05. The number of benzene rings is 1. The van der Waals surface area contributed by atoms with Crippen molar-refractivity contribution in [1.29, 1.82) is 0 Å². The van der Waals surface area contributed by atoms with Crippen molar-refractivity contribution in [3.8, 4) is 5.75 Å². The number of thiol groups is 1. The van der Waals surface area contributed by atoms with Gasteiger partial charge >= 0.3 is 0 Å². The number of Topliss-reactive ketones (excluding diaryl/α,β-unsaturated/α-hetero) is 1. The average molecular weight is 268 g/mol. The molecule has 1 aliphatic heterocycles. The first-order valence-electron chi connectivity index (χ1n) is 5.90. The number of fused-ring (bicyclic) bond motifs is 1. The zero-order chi connectivity index (χ0) is 13.1. The van der Waals surface area contributed by atoms with Gasteiger partial charge in [0.2, 0.25) is 0 Å². The molecule has 2 unspecified atom stereocenters. The summed E-state index contributed by atoms with van der Waals surface area (Å²) in [5.41, 5.74) is 1.10. The van der Waals surface area contributed by atoms with Gasteiger partial charge in [-0.1, -0.05) is 6.07 Å². The molecule has 0 aromatic heterocycles. The third-order valence-electron chi connectivity index (χ3n) is 3.02. The Hall–Kier alpha value is -1.04. The van der Waals surface area contributed by atoms with Crippen molar-refractivity contribution in [2.45, 2.75) is 25.0 Å². The lowest BCUT2D eigenvalue weighted by Gasteiger charge is -2.21. The molecule has 1 aromatic rings. The first-order chi connectivity index (χ1) is 8.63. The first-order valence-corrected chi connectivity index (χ1v) is 6.53. The highest BCUT2D eigenvalue weighted by Crippen LogP contribution is 2.29. The number of aliphatic hydroxyl groups excluding tert-OH is 2. The van der Waals surface area contributed by atoms with Gasteiger partial charge < -0.3 is 14.9 Å². The maximum atomic E-state index is 11.6. The third-order valence-corrected chi connectivity index (χ3v) is 3.28. The Bertz CT molecular complexity index is 447. The van der Waals surface area contributed by atoms with Gasteiger partial charge in [0, 0.05) is 6.42 Å². The summed E-state index contributed by atoms with van der Waals surface area (Å²) in [5, 5.41) is 19.7. The molecule has 0 saturated carbocycles. The Morgan fingerprint density at radius 1 is 1.39 bits per heavy atom. The molecule has 1 aliphatic rings. The molecule has 0 radical (unpaired) electrons. The molecule has 2 atom stereocenters. The maximum absolute atomic E-state index is 11.6. The fourth-order valence-electron chi connectivity index (χ4n) is 1.97. The van der Waals surface area contributed by atoms with E-state index in [1.165, 1.54) is 0 Å². The summed E-state index contributed by atoms with van der Waals surface area (Å²) < 4.78 is 5.40. The number of carbonyl (C=O) groups excluding carboxylic acids is 1.